The predicted octanol–water partition coefficient (Wildman–Crippen LogP) is 6.15. The molecule has 0 unspecified atom stereocenters. The van der Waals surface area contributed by atoms with Gasteiger partial charge < -0.3 is 0 Å². The first-order valence-electron chi connectivity index (χ1n) is 10.5. The Morgan fingerprint density at radius 3 is 2.33 bits per heavy atom. The number of rotatable bonds is 4. The molecule has 2 heterocycles. The first-order chi connectivity index (χ1) is 16.8. The van der Waals surface area contributed by atoms with Crippen molar-refractivity contribution < 1.29 is 31.1 Å². The number of para-hydroxylation sites is 1. The van der Waals surface area contributed by atoms with E-state index < -0.39 is 46.7 Å². The molecule has 1 radical (unpaired) electrons. The summed E-state index contributed by atoms with van der Waals surface area (Å²) in [5.41, 5.74) is 0.0954. The molecule has 12 heteroatoms. The van der Waals surface area contributed by atoms with Gasteiger partial charge in [-0.3, -0.25) is 0 Å². The summed E-state index contributed by atoms with van der Waals surface area (Å²) in [6, 6.07) is 12.9. The van der Waals surface area contributed by atoms with Crippen LogP contribution in [0.2, 0.25) is 0 Å². The number of halogens is 6. The molecule has 2 aromatic carbocycles. The number of ether oxygens (including phenoxy) is 1. The van der Waals surface area contributed by atoms with Crippen molar-refractivity contribution >= 4 is 49.5 Å². The van der Waals surface area contributed by atoms with E-state index in [9.17, 15) is 31.6 Å². The van der Waals surface area contributed by atoms with E-state index in [-0.39, 0.29) is 12.3 Å². The van der Waals surface area contributed by atoms with E-state index >= 15 is 0 Å². The van der Waals surface area contributed by atoms with Crippen LogP contribution in [0.5, 0.6) is 5.75 Å². The molecule has 187 valence electrons. The molecule has 0 amide bonds. The molecule has 0 aromatic heterocycles. The van der Waals surface area contributed by atoms with Gasteiger partial charge in [0.25, 0.3) is 0 Å². The van der Waals surface area contributed by atoms with Gasteiger partial charge in [0, 0.05) is 0 Å². The molecule has 4 rings (SSSR count). The van der Waals surface area contributed by atoms with Gasteiger partial charge >= 0.3 is 217 Å². The van der Waals surface area contributed by atoms with Crippen molar-refractivity contribution in [2.45, 2.75) is 36.7 Å². The van der Waals surface area contributed by atoms with Gasteiger partial charge in [0.05, 0.1) is 0 Å². The molecular weight excluding hydrogens is 700 g/mol. The van der Waals surface area contributed by atoms with Gasteiger partial charge in [-0.05, 0) is 0 Å². The van der Waals surface area contributed by atoms with Gasteiger partial charge in [0.1, 0.15) is 0 Å². The SMILES string of the molecule is CC(C)(C#N)c1ccc[c]2c1N(Sc1ccc(OC(F)(F)F)cc1)CC1=[CH][Pb]2[N]=C(C(F)(F)F)C=C1. The standard InChI is InChI=1S/C24H18F6N3OS.Pb/c1-16(8-13-21(32)23(25,26)27)14-33(20-7-5-4-6-19(20)22(2,3)15-31)35-18-11-9-17(10-12-18)34-24(28,29)30;/h1,4-6,8-13H,14H2,2-3H3;/q-1;+1. The van der Waals surface area contributed by atoms with Crippen LogP contribution in [-0.4, -0.2) is 47.8 Å². The summed E-state index contributed by atoms with van der Waals surface area (Å²) >= 11 is -2.38. The molecule has 0 saturated carbocycles. The van der Waals surface area contributed by atoms with Crippen molar-refractivity contribution in [2.24, 2.45) is 2.80 Å². The van der Waals surface area contributed by atoms with Crippen LogP contribution < -0.4 is 12.2 Å². The molecule has 2 aliphatic rings. The number of hydrogen-bond acceptors (Lipinski definition) is 5. The summed E-state index contributed by atoms with van der Waals surface area (Å²) in [5, 5.41) is 9.84. The molecule has 0 spiro atoms. The summed E-state index contributed by atoms with van der Waals surface area (Å²) < 4.78 is 90.9. The van der Waals surface area contributed by atoms with Gasteiger partial charge in [0.2, 0.25) is 0 Å². The summed E-state index contributed by atoms with van der Waals surface area (Å²) in [6.45, 7) is 3.69. The van der Waals surface area contributed by atoms with Gasteiger partial charge in [-0.1, -0.05) is 0 Å². The van der Waals surface area contributed by atoms with Crippen molar-refractivity contribution in [1.82, 2.24) is 0 Å². The zero-order chi connectivity index (χ0) is 26.3. The van der Waals surface area contributed by atoms with E-state index in [0.717, 1.165) is 6.08 Å². The number of anilines is 1. The number of allylic oxidation sites excluding steroid dienone is 1. The topological polar surface area (TPSA) is 48.6 Å². The Morgan fingerprint density at radius 1 is 1.03 bits per heavy atom. The van der Waals surface area contributed by atoms with Crippen molar-refractivity contribution in [3.63, 3.8) is 0 Å². The Bertz CT molecular complexity index is 1290. The average Bonchev–Trinajstić information content (AvgIpc) is 3.09. The van der Waals surface area contributed by atoms with Crippen molar-refractivity contribution in [3.8, 4) is 11.8 Å². The quantitative estimate of drug-likeness (QED) is 0.217. The normalized spacial score (nSPS) is 16.4. The molecule has 2 aromatic rings. The molecule has 36 heavy (non-hydrogen) atoms. The molecule has 0 aliphatic carbocycles. The third-order valence-electron chi connectivity index (χ3n) is 5.42. The van der Waals surface area contributed by atoms with Crippen molar-refractivity contribution in [2.75, 3.05) is 10.8 Å². The van der Waals surface area contributed by atoms with E-state index in [2.05, 4.69) is 13.6 Å². The summed E-state index contributed by atoms with van der Waals surface area (Å²) in [4.78, 5) is 0.592. The van der Waals surface area contributed by atoms with Crippen LogP contribution in [0.15, 0.2) is 71.5 Å². The molecule has 0 fully saturated rings. The summed E-state index contributed by atoms with van der Waals surface area (Å²) in [7, 11) is 0. The van der Waals surface area contributed by atoms with E-state index in [1.807, 2.05) is 7.94 Å². The Hall–Kier alpha value is -2.47. The van der Waals surface area contributed by atoms with E-state index in [4.69, 9.17) is 0 Å². The predicted molar refractivity (Wildman–Crippen MR) is 128 cm³/mol. The molecule has 0 N–H and O–H groups in total. The van der Waals surface area contributed by atoms with Crippen LogP contribution in [0.25, 0.3) is 0 Å². The molecule has 2 bridgehead atoms. The zero-order valence-electron chi connectivity index (χ0n) is 18.9. The molecular formula is C24H18F6N3OPbS. The summed E-state index contributed by atoms with van der Waals surface area (Å²) in [6.07, 6.45) is -6.98. The minimum absolute atomic E-state index is 0.225. The maximum atomic E-state index is 13.6. The second-order valence-corrected chi connectivity index (χ2v) is 16.7. The van der Waals surface area contributed by atoms with E-state index in [1.165, 1.54) is 42.3 Å². The molecule has 0 saturated heterocycles. The first kappa shape index (κ1) is 26.6. The Morgan fingerprint density at radius 2 is 1.72 bits per heavy atom. The third-order valence-corrected chi connectivity index (χ3v) is 14.5. The minimum atomic E-state index is -4.81. The number of benzene rings is 2. The second kappa shape index (κ2) is 9.77. The Labute approximate surface area is 216 Å². The monoisotopic (exact) mass is 718 g/mol. The fourth-order valence-electron chi connectivity index (χ4n) is 3.74. The third kappa shape index (κ3) is 5.91. The molecule has 2 aliphatic heterocycles. The number of hydrogen-bond donors (Lipinski definition) is 0. The van der Waals surface area contributed by atoms with Gasteiger partial charge in [-0.15, -0.1) is 0 Å². The number of alkyl halides is 6. The second-order valence-electron chi connectivity index (χ2n) is 8.52. The zero-order valence-corrected chi connectivity index (χ0v) is 23.6. The summed E-state index contributed by atoms with van der Waals surface area (Å²) in [5.74, 6) is -0.363. The number of nitrogens with zero attached hydrogens (tertiary/aromatic N) is 3. The van der Waals surface area contributed by atoms with Crippen LogP contribution >= 0.6 is 11.9 Å². The van der Waals surface area contributed by atoms with Crippen LogP contribution in [0.4, 0.5) is 32.0 Å². The van der Waals surface area contributed by atoms with Crippen LogP contribution in [0.3, 0.4) is 0 Å². The number of fused-ring (bicyclic) bond motifs is 3. The van der Waals surface area contributed by atoms with Crippen LogP contribution in [0, 0.1) is 11.3 Å². The van der Waals surface area contributed by atoms with Gasteiger partial charge in [0.15, 0.2) is 0 Å². The van der Waals surface area contributed by atoms with Gasteiger partial charge in [-0.25, -0.2) is 0 Å². The Balaban J connectivity index is 1.80. The Kier molecular flexibility index (Phi) is 7.22. The van der Waals surface area contributed by atoms with Gasteiger partial charge in [-0.2, -0.15) is 0 Å². The molecule has 0 atom stereocenters. The van der Waals surface area contributed by atoms with Crippen LogP contribution in [-0.2, 0) is 5.41 Å². The van der Waals surface area contributed by atoms with Crippen molar-refractivity contribution in [3.05, 3.63) is 69.4 Å². The maximum absolute atomic E-state index is 13.6. The van der Waals surface area contributed by atoms with E-state index in [0.29, 0.717) is 24.8 Å². The molecule has 4 nitrogen and oxygen atoms in total. The van der Waals surface area contributed by atoms with Crippen molar-refractivity contribution in [1.29, 1.82) is 5.26 Å². The number of nitriles is 1. The fraction of sp³-hybridized carbons (Fsp3) is 0.250. The fourth-order valence-corrected chi connectivity index (χ4v) is 13.3. The first-order valence-corrected chi connectivity index (χ1v) is 17.2. The van der Waals surface area contributed by atoms with E-state index in [1.54, 1.807) is 32.0 Å². The average molecular weight is 718 g/mol. The van der Waals surface area contributed by atoms with Crippen LogP contribution in [0.1, 0.15) is 19.4 Å².